The summed E-state index contributed by atoms with van der Waals surface area (Å²) in [5.74, 6) is -7.32. The molecule has 274 valence electrons. The monoisotopic (exact) mass is 699 g/mol. The second-order valence-electron chi connectivity index (χ2n) is 11.8. The van der Waals surface area contributed by atoms with Gasteiger partial charge in [0.2, 0.25) is 53.2 Å². The Labute approximate surface area is 281 Å². The molecule has 0 aliphatic carbocycles. The average molecular weight is 700 g/mol. The van der Waals surface area contributed by atoms with Crippen molar-refractivity contribution in [1.29, 1.82) is 0 Å². The van der Waals surface area contributed by atoms with E-state index in [1.807, 2.05) is 0 Å². The second-order valence-corrected chi connectivity index (χ2v) is 11.8. The van der Waals surface area contributed by atoms with Crippen molar-refractivity contribution in [3.05, 3.63) is 0 Å². The number of nitrogens with zero attached hydrogens (tertiary/aromatic N) is 3. The molecule has 2 rings (SSSR count). The van der Waals surface area contributed by atoms with E-state index < -0.39 is 109 Å². The van der Waals surface area contributed by atoms with E-state index >= 15 is 0 Å². The number of carbonyl (C=O) groups is 9. The fraction of sp³-hybridized carbons (Fsp3) is 0.679. The largest absolute Gasteiger partial charge is 0.346 e. The number of hydroxylamine groups is 6. The highest BCUT2D eigenvalue weighted by atomic mass is 16.5. The van der Waals surface area contributed by atoms with Crippen LogP contribution in [-0.4, -0.2) is 140 Å². The summed E-state index contributed by atoms with van der Waals surface area (Å²) in [5, 5.41) is 46.3. The Morgan fingerprint density at radius 3 is 1.84 bits per heavy atom. The summed E-state index contributed by atoms with van der Waals surface area (Å²) in [7, 11) is 0. The zero-order valence-corrected chi connectivity index (χ0v) is 27.6. The van der Waals surface area contributed by atoms with Gasteiger partial charge in [-0.15, -0.1) is 0 Å². The van der Waals surface area contributed by atoms with Gasteiger partial charge in [-0.1, -0.05) is 0 Å². The van der Waals surface area contributed by atoms with Crippen molar-refractivity contribution >= 4 is 53.2 Å². The van der Waals surface area contributed by atoms with Gasteiger partial charge in [0, 0.05) is 33.7 Å². The van der Waals surface area contributed by atoms with E-state index in [1.165, 1.54) is 0 Å². The van der Waals surface area contributed by atoms with Crippen LogP contribution in [0.4, 0.5) is 0 Å². The standard InChI is InChI=1S/C28H45N9O12/c1-16(38)35(47)10-5-7-19-25(44)31-14-23(42)29-13-22(41)30-15-24(43)32-20-6-4-8-28(37(49)18(3)40,9-11-36(48)17(2)39)12-21(27(46)33-19)34-26(20)45/h19-21,47-49H,4-15H2,1-3H3,(H,29,42)(H,30,41)(H,31,44)(H,32,43)(H,33,46)(H,34,45). The molecule has 4 atom stereocenters. The highest BCUT2D eigenvalue weighted by Gasteiger charge is 2.45. The molecule has 0 spiro atoms. The van der Waals surface area contributed by atoms with E-state index in [0.29, 0.717) is 15.2 Å². The molecule has 21 nitrogen and oxygen atoms in total. The number of hydrogen-bond donors (Lipinski definition) is 9. The molecule has 21 heteroatoms. The first-order valence-electron chi connectivity index (χ1n) is 15.6. The molecule has 0 aromatic rings. The van der Waals surface area contributed by atoms with Crippen molar-refractivity contribution in [1.82, 2.24) is 47.1 Å². The van der Waals surface area contributed by atoms with Crippen molar-refractivity contribution in [2.75, 3.05) is 32.7 Å². The van der Waals surface area contributed by atoms with Gasteiger partial charge < -0.3 is 31.9 Å². The molecule has 0 aromatic heterocycles. The minimum atomic E-state index is -1.68. The number of carbonyl (C=O) groups excluding carboxylic acids is 9. The minimum absolute atomic E-state index is 0.0258. The van der Waals surface area contributed by atoms with Crippen molar-refractivity contribution in [2.24, 2.45) is 0 Å². The molecule has 4 unspecified atom stereocenters. The zero-order chi connectivity index (χ0) is 36.9. The Bertz CT molecular complexity index is 1300. The smallest absolute Gasteiger partial charge is 0.243 e. The van der Waals surface area contributed by atoms with E-state index in [-0.39, 0.29) is 45.1 Å². The number of amides is 9. The van der Waals surface area contributed by atoms with Gasteiger partial charge in [-0.05, 0) is 38.5 Å². The lowest BCUT2D eigenvalue weighted by Crippen LogP contribution is -2.61. The topological polar surface area (TPSA) is 296 Å². The maximum atomic E-state index is 13.9. The maximum absolute atomic E-state index is 13.9. The van der Waals surface area contributed by atoms with E-state index in [2.05, 4.69) is 31.9 Å². The third kappa shape index (κ3) is 12.6. The summed E-state index contributed by atoms with van der Waals surface area (Å²) in [6.45, 7) is 0.826. The molecule has 2 bridgehead atoms. The van der Waals surface area contributed by atoms with Gasteiger partial charge in [-0.2, -0.15) is 0 Å². The molecule has 9 N–H and O–H groups in total. The van der Waals surface area contributed by atoms with Crippen LogP contribution in [-0.2, 0) is 43.2 Å². The Kier molecular flexibility index (Phi) is 15.3. The van der Waals surface area contributed by atoms with Gasteiger partial charge in [0.15, 0.2) is 0 Å². The molecule has 0 aromatic carbocycles. The molecule has 0 radical (unpaired) electrons. The number of rotatable bonds is 8. The normalized spacial score (nSPS) is 24.5. The fourth-order valence-electron chi connectivity index (χ4n) is 5.36. The van der Waals surface area contributed by atoms with Crippen molar-refractivity contribution < 1.29 is 58.8 Å². The lowest BCUT2D eigenvalue weighted by molar-refractivity contribution is -0.203. The summed E-state index contributed by atoms with van der Waals surface area (Å²) in [4.78, 5) is 113. The SMILES string of the molecule is CC(=O)N(O)CCCC1NC(=O)C2CC(CCN(O)C(C)=O)(N(O)C(C)=O)CCCC(NC(=O)CNC(=O)CNC(=O)CNC1=O)C(=O)N2. The van der Waals surface area contributed by atoms with Gasteiger partial charge in [0.25, 0.3) is 0 Å². The highest BCUT2D eigenvalue weighted by Crippen LogP contribution is 2.33. The average Bonchev–Trinajstić information content (AvgIpc) is 3.10. The Hall–Kier alpha value is -4.89. The fourth-order valence-corrected chi connectivity index (χ4v) is 5.36. The maximum Gasteiger partial charge on any atom is 0.243 e. The summed E-state index contributed by atoms with van der Waals surface area (Å²) in [6, 6.07) is -4.29. The summed E-state index contributed by atoms with van der Waals surface area (Å²) in [5.41, 5.74) is -1.68. The first kappa shape index (κ1) is 40.3. The quantitative estimate of drug-likeness (QED) is 0.0865. The van der Waals surface area contributed by atoms with Crippen LogP contribution in [0.1, 0.15) is 65.7 Å². The van der Waals surface area contributed by atoms with Gasteiger partial charge in [-0.3, -0.25) is 58.8 Å². The first-order valence-corrected chi connectivity index (χ1v) is 15.6. The van der Waals surface area contributed by atoms with Crippen LogP contribution in [0, 0.1) is 0 Å². The predicted octanol–water partition coefficient (Wildman–Crippen LogP) is -4.00. The third-order valence-electron chi connectivity index (χ3n) is 8.08. The van der Waals surface area contributed by atoms with Crippen LogP contribution in [0.25, 0.3) is 0 Å². The van der Waals surface area contributed by atoms with Gasteiger partial charge in [-0.25, -0.2) is 15.2 Å². The lowest BCUT2D eigenvalue weighted by Gasteiger charge is -2.42. The Morgan fingerprint density at radius 1 is 0.694 bits per heavy atom. The van der Waals surface area contributed by atoms with Crippen molar-refractivity contribution in [3.8, 4) is 0 Å². The Balaban J connectivity index is 2.57. The van der Waals surface area contributed by atoms with Gasteiger partial charge in [0.05, 0.1) is 31.7 Å². The van der Waals surface area contributed by atoms with Crippen LogP contribution in [0.15, 0.2) is 0 Å². The number of nitrogens with one attached hydrogen (secondary N) is 6. The third-order valence-corrected chi connectivity index (χ3v) is 8.08. The number of hydrogen-bond acceptors (Lipinski definition) is 12. The summed E-state index contributed by atoms with van der Waals surface area (Å²) >= 11 is 0. The molecule has 49 heavy (non-hydrogen) atoms. The van der Waals surface area contributed by atoms with E-state index in [9.17, 15) is 58.8 Å². The minimum Gasteiger partial charge on any atom is -0.346 e. The second kappa shape index (κ2) is 18.6. The van der Waals surface area contributed by atoms with Crippen LogP contribution in [0.5, 0.6) is 0 Å². The molecule has 2 saturated heterocycles. The molecule has 2 aliphatic rings. The molecule has 0 saturated carbocycles. The van der Waals surface area contributed by atoms with Gasteiger partial charge in [0.1, 0.15) is 18.1 Å². The molecule has 2 heterocycles. The predicted molar refractivity (Wildman–Crippen MR) is 163 cm³/mol. The molecule has 9 amide bonds. The molecule has 2 fully saturated rings. The summed E-state index contributed by atoms with van der Waals surface area (Å²) in [6.07, 6.45) is -1.08. The Morgan fingerprint density at radius 2 is 1.24 bits per heavy atom. The van der Waals surface area contributed by atoms with Crippen LogP contribution in [0.2, 0.25) is 0 Å². The molecular weight excluding hydrogens is 654 g/mol. The van der Waals surface area contributed by atoms with Crippen LogP contribution >= 0.6 is 0 Å². The highest BCUT2D eigenvalue weighted by molar-refractivity contribution is 5.96. The molecule has 2 aliphatic heterocycles. The zero-order valence-electron chi connectivity index (χ0n) is 27.6. The van der Waals surface area contributed by atoms with Gasteiger partial charge >= 0.3 is 0 Å². The number of fused-ring (bicyclic) bond motifs is 3. The van der Waals surface area contributed by atoms with E-state index in [4.69, 9.17) is 0 Å². The van der Waals surface area contributed by atoms with Crippen molar-refractivity contribution in [2.45, 2.75) is 89.4 Å². The van der Waals surface area contributed by atoms with Crippen LogP contribution < -0.4 is 31.9 Å². The summed E-state index contributed by atoms with van der Waals surface area (Å²) < 4.78 is 0. The van der Waals surface area contributed by atoms with E-state index in [0.717, 1.165) is 20.8 Å². The lowest BCUT2D eigenvalue weighted by atomic mass is 9.81. The molecular formula is C28H45N9O12. The van der Waals surface area contributed by atoms with E-state index in [1.54, 1.807) is 0 Å². The first-order chi connectivity index (χ1) is 22.9. The van der Waals surface area contributed by atoms with Crippen LogP contribution in [0.3, 0.4) is 0 Å². The van der Waals surface area contributed by atoms with Crippen molar-refractivity contribution in [3.63, 3.8) is 0 Å².